The fourth-order valence-corrected chi connectivity index (χ4v) is 3.71. The van der Waals surface area contributed by atoms with Crippen LogP contribution in [0.4, 0.5) is 19.0 Å². The highest BCUT2D eigenvalue weighted by atomic mass is 32.1. The summed E-state index contributed by atoms with van der Waals surface area (Å²) in [6.07, 6.45) is -3.51. The fourth-order valence-electron chi connectivity index (χ4n) is 2.97. The van der Waals surface area contributed by atoms with E-state index in [-0.39, 0.29) is 11.9 Å². The van der Waals surface area contributed by atoms with Crippen LogP contribution in [-0.2, 0) is 11.0 Å². The molecule has 1 atom stereocenters. The molecule has 146 valence electrons. The molecule has 0 radical (unpaired) electrons. The van der Waals surface area contributed by atoms with Gasteiger partial charge in [0.05, 0.1) is 18.2 Å². The topological polar surface area (TPSA) is 48.5 Å². The second-order valence-corrected chi connectivity index (χ2v) is 7.45. The molecule has 1 fully saturated rings. The molecule has 3 heterocycles. The zero-order valence-corrected chi connectivity index (χ0v) is 15.7. The van der Waals surface area contributed by atoms with E-state index in [1.165, 1.54) is 6.07 Å². The molecule has 9 heteroatoms. The van der Waals surface area contributed by atoms with Gasteiger partial charge in [-0.25, -0.2) is 4.98 Å². The molecule has 0 aromatic carbocycles. The molecule has 1 aliphatic heterocycles. The van der Waals surface area contributed by atoms with Gasteiger partial charge in [0.1, 0.15) is 5.82 Å². The van der Waals surface area contributed by atoms with Crippen LogP contribution < -0.4 is 10.2 Å². The average molecular weight is 398 g/mol. The van der Waals surface area contributed by atoms with E-state index >= 15 is 0 Å². The number of carbonyl (C=O) groups excluding carboxylic acids is 1. The maximum Gasteiger partial charge on any atom is 0.417 e. The molecule has 0 spiro atoms. The SMILES string of the molecule is C[C@@H](NC(=O)CN1CCN(c2ccc(C(F)(F)F)cn2)CC1)c1cccs1. The van der Waals surface area contributed by atoms with Gasteiger partial charge >= 0.3 is 6.18 Å². The highest BCUT2D eigenvalue weighted by Gasteiger charge is 2.31. The number of rotatable bonds is 5. The summed E-state index contributed by atoms with van der Waals surface area (Å²) in [5, 5.41) is 4.97. The van der Waals surface area contributed by atoms with E-state index in [1.54, 1.807) is 11.3 Å². The Bertz CT molecular complexity index is 741. The van der Waals surface area contributed by atoms with Crippen molar-refractivity contribution in [3.63, 3.8) is 0 Å². The van der Waals surface area contributed by atoms with E-state index in [9.17, 15) is 18.0 Å². The van der Waals surface area contributed by atoms with Crippen LogP contribution in [0.25, 0.3) is 0 Å². The van der Waals surface area contributed by atoms with Crippen molar-refractivity contribution >= 4 is 23.1 Å². The smallest absolute Gasteiger partial charge is 0.354 e. The summed E-state index contributed by atoms with van der Waals surface area (Å²) in [7, 11) is 0. The van der Waals surface area contributed by atoms with Crippen LogP contribution in [-0.4, -0.2) is 48.5 Å². The zero-order chi connectivity index (χ0) is 19.4. The number of anilines is 1. The van der Waals surface area contributed by atoms with Crippen molar-refractivity contribution in [1.29, 1.82) is 0 Å². The van der Waals surface area contributed by atoms with Gasteiger partial charge in [0.25, 0.3) is 0 Å². The van der Waals surface area contributed by atoms with Crippen molar-refractivity contribution in [3.05, 3.63) is 46.3 Å². The third-order valence-corrected chi connectivity index (χ3v) is 5.54. The Morgan fingerprint density at radius 3 is 2.56 bits per heavy atom. The second-order valence-electron chi connectivity index (χ2n) is 6.47. The third kappa shape index (κ3) is 5.20. The lowest BCUT2D eigenvalue weighted by Gasteiger charge is -2.35. The first-order chi connectivity index (χ1) is 12.8. The summed E-state index contributed by atoms with van der Waals surface area (Å²) < 4.78 is 37.9. The van der Waals surface area contributed by atoms with E-state index in [1.807, 2.05) is 34.2 Å². The van der Waals surface area contributed by atoms with Crippen LogP contribution in [0.3, 0.4) is 0 Å². The van der Waals surface area contributed by atoms with Crippen LogP contribution in [0.1, 0.15) is 23.4 Å². The molecule has 0 saturated carbocycles. The zero-order valence-electron chi connectivity index (χ0n) is 14.9. The number of halogens is 3. The van der Waals surface area contributed by atoms with Crippen molar-refractivity contribution in [2.75, 3.05) is 37.6 Å². The van der Waals surface area contributed by atoms with E-state index < -0.39 is 11.7 Å². The molecule has 5 nitrogen and oxygen atoms in total. The molecular formula is C18H21F3N4OS. The average Bonchev–Trinajstić information content (AvgIpc) is 3.16. The monoisotopic (exact) mass is 398 g/mol. The standard InChI is InChI=1S/C18H21F3N4OS/c1-13(15-3-2-10-27-15)23-17(26)12-24-6-8-25(9-7-24)16-5-4-14(11-22-16)18(19,20)21/h2-5,10-11,13H,6-9,12H2,1H3,(H,23,26)/t13-/m1/s1. The Balaban J connectivity index is 1.46. The van der Waals surface area contributed by atoms with E-state index in [4.69, 9.17) is 0 Å². The van der Waals surface area contributed by atoms with E-state index in [2.05, 4.69) is 10.3 Å². The maximum absolute atomic E-state index is 12.6. The van der Waals surface area contributed by atoms with Gasteiger partial charge < -0.3 is 10.2 Å². The number of hydrogen-bond acceptors (Lipinski definition) is 5. The molecule has 2 aromatic heterocycles. The van der Waals surface area contributed by atoms with Crippen LogP contribution >= 0.6 is 11.3 Å². The number of nitrogens with zero attached hydrogens (tertiary/aromatic N) is 3. The van der Waals surface area contributed by atoms with Gasteiger partial charge in [-0.3, -0.25) is 9.69 Å². The normalized spacial score (nSPS) is 17.0. The van der Waals surface area contributed by atoms with Crippen molar-refractivity contribution in [2.24, 2.45) is 0 Å². The molecule has 27 heavy (non-hydrogen) atoms. The molecule has 1 N–H and O–H groups in total. The lowest BCUT2D eigenvalue weighted by molar-refractivity contribution is -0.137. The number of aromatic nitrogens is 1. The molecule has 0 bridgehead atoms. The summed E-state index contributed by atoms with van der Waals surface area (Å²) >= 11 is 1.61. The maximum atomic E-state index is 12.6. The molecule has 0 unspecified atom stereocenters. The minimum Gasteiger partial charge on any atom is -0.354 e. The first-order valence-electron chi connectivity index (χ1n) is 8.66. The fraction of sp³-hybridized carbons (Fsp3) is 0.444. The van der Waals surface area contributed by atoms with Crippen LogP contribution in [0.15, 0.2) is 35.8 Å². The van der Waals surface area contributed by atoms with Crippen LogP contribution in [0.5, 0.6) is 0 Å². The molecule has 0 aliphatic carbocycles. The number of hydrogen-bond donors (Lipinski definition) is 1. The third-order valence-electron chi connectivity index (χ3n) is 4.49. The summed E-state index contributed by atoms with van der Waals surface area (Å²) in [6, 6.07) is 6.38. The highest BCUT2D eigenvalue weighted by Crippen LogP contribution is 2.29. The molecule has 2 aromatic rings. The quantitative estimate of drug-likeness (QED) is 0.841. The van der Waals surface area contributed by atoms with Crippen molar-refractivity contribution < 1.29 is 18.0 Å². The predicted molar refractivity (Wildman–Crippen MR) is 98.8 cm³/mol. The number of nitrogens with one attached hydrogen (secondary N) is 1. The number of amides is 1. The van der Waals surface area contributed by atoms with Gasteiger partial charge in [-0.2, -0.15) is 13.2 Å². The Morgan fingerprint density at radius 2 is 2.00 bits per heavy atom. The van der Waals surface area contributed by atoms with Gasteiger partial charge in [-0.15, -0.1) is 11.3 Å². The first kappa shape index (κ1) is 19.6. The Morgan fingerprint density at radius 1 is 1.26 bits per heavy atom. The number of pyridine rings is 1. The van der Waals surface area contributed by atoms with E-state index in [0.717, 1.165) is 17.1 Å². The van der Waals surface area contributed by atoms with Gasteiger partial charge in [-0.05, 0) is 30.5 Å². The Kier molecular flexibility index (Phi) is 6.01. The molecule has 3 rings (SSSR count). The highest BCUT2D eigenvalue weighted by molar-refractivity contribution is 7.10. The molecule has 1 amide bonds. The largest absolute Gasteiger partial charge is 0.417 e. The lowest BCUT2D eigenvalue weighted by atomic mass is 10.2. The second kappa shape index (κ2) is 8.26. The molecule has 1 aliphatic rings. The number of carbonyl (C=O) groups is 1. The molecule has 1 saturated heterocycles. The summed E-state index contributed by atoms with van der Waals surface area (Å²) in [6.45, 7) is 4.81. The van der Waals surface area contributed by atoms with Crippen LogP contribution in [0, 0.1) is 0 Å². The first-order valence-corrected chi connectivity index (χ1v) is 9.54. The van der Waals surface area contributed by atoms with Crippen molar-refractivity contribution in [1.82, 2.24) is 15.2 Å². The van der Waals surface area contributed by atoms with Crippen molar-refractivity contribution in [2.45, 2.75) is 19.1 Å². The number of piperazine rings is 1. The van der Waals surface area contributed by atoms with Gasteiger partial charge in [0, 0.05) is 37.3 Å². The predicted octanol–water partition coefficient (Wildman–Crippen LogP) is 3.16. The minimum atomic E-state index is -4.38. The lowest BCUT2D eigenvalue weighted by Crippen LogP contribution is -2.49. The molecular weight excluding hydrogens is 377 g/mol. The Hall–Kier alpha value is -2.13. The summed E-state index contributed by atoms with van der Waals surface area (Å²) in [5.74, 6) is 0.496. The van der Waals surface area contributed by atoms with Gasteiger partial charge in [0.15, 0.2) is 0 Å². The van der Waals surface area contributed by atoms with Crippen molar-refractivity contribution in [3.8, 4) is 0 Å². The van der Waals surface area contributed by atoms with Crippen LogP contribution in [0.2, 0.25) is 0 Å². The van der Waals surface area contributed by atoms with E-state index in [0.29, 0.717) is 38.5 Å². The summed E-state index contributed by atoms with van der Waals surface area (Å²) in [5.41, 5.74) is -0.749. The van der Waals surface area contributed by atoms with Gasteiger partial charge in [0.2, 0.25) is 5.91 Å². The number of thiophene rings is 1. The number of alkyl halides is 3. The summed E-state index contributed by atoms with van der Waals surface area (Å²) in [4.78, 5) is 21.2. The van der Waals surface area contributed by atoms with Gasteiger partial charge in [-0.1, -0.05) is 6.07 Å². The Labute approximate surface area is 159 Å². The minimum absolute atomic E-state index is 0.0184.